The summed E-state index contributed by atoms with van der Waals surface area (Å²) in [6.45, 7) is 10.0. The summed E-state index contributed by atoms with van der Waals surface area (Å²) in [5.41, 5.74) is 1.24. The van der Waals surface area contributed by atoms with E-state index in [9.17, 15) is 5.11 Å². The fourth-order valence-electron chi connectivity index (χ4n) is 1.90. The maximum absolute atomic E-state index is 9.53. The van der Waals surface area contributed by atoms with Crippen LogP contribution >= 0.6 is 0 Å². The van der Waals surface area contributed by atoms with E-state index in [0.29, 0.717) is 12.0 Å². The van der Waals surface area contributed by atoms with Crippen molar-refractivity contribution in [3.8, 4) is 5.75 Å². The van der Waals surface area contributed by atoms with Gasteiger partial charge in [-0.15, -0.1) is 0 Å². The van der Waals surface area contributed by atoms with Crippen LogP contribution in [-0.2, 0) is 0 Å². The Balaban J connectivity index is 2.38. The zero-order chi connectivity index (χ0) is 15.0. The minimum Gasteiger partial charge on any atom is -0.493 e. The minimum absolute atomic E-state index is 0.193. The molecule has 0 radical (unpaired) electrons. The smallest absolute Gasteiger partial charge is 0.119 e. The monoisotopic (exact) mass is 279 g/mol. The quantitative estimate of drug-likeness (QED) is 0.726. The number of ether oxygens (including phenoxy) is 1. The van der Waals surface area contributed by atoms with Crippen molar-refractivity contribution in [1.29, 1.82) is 0 Å². The molecular formula is C17H29NO2. The third-order valence-electron chi connectivity index (χ3n) is 3.36. The molecule has 2 unspecified atom stereocenters. The second kappa shape index (κ2) is 8.98. The zero-order valence-electron chi connectivity index (χ0n) is 13.2. The molecule has 114 valence electrons. The van der Waals surface area contributed by atoms with Gasteiger partial charge in [-0.05, 0) is 49.9 Å². The molecule has 0 spiro atoms. The molecule has 20 heavy (non-hydrogen) atoms. The molecule has 3 heteroatoms. The van der Waals surface area contributed by atoms with Crippen molar-refractivity contribution in [2.45, 2.75) is 52.7 Å². The van der Waals surface area contributed by atoms with Crippen molar-refractivity contribution in [3.63, 3.8) is 0 Å². The first-order valence-electron chi connectivity index (χ1n) is 7.67. The van der Waals surface area contributed by atoms with E-state index in [1.807, 2.05) is 19.1 Å². The Hall–Kier alpha value is -1.06. The first-order chi connectivity index (χ1) is 9.52. The third kappa shape index (κ3) is 6.40. The molecule has 0 aliphatic heterocycles. The van der Waals surface area contributed by atoms with Crippen LogP contribution in [0.2, 0.25) is 0 Å². The summed E-state index contributed by atoms with van der Waals surface area (Å²) in [6.07, 6.45) is 1.43. The van der Waals surface area contributed by atoms with Crippen LogP contribution in [0.1, 0.15) is 52.1 Å². The van der Waals surface area contributed by atoms with Crippen LogP contribution in [-0.4, -0.2) is 24.4 Å². The number of nitrogens with one attached hydrogen (secondary N) is 1. The van der Waals surface area contributed by atoms with Crippen LogP contribution in [0.4, 0.5) is 0 Å². The van der Waals surface area contributed by atoms with Crippen molar-refractivity contribution in [3.05, 3.63) is 29.8 Å². The number of rotatable bonds is 9. The lowest BCUT2D eigenvalue weighted by Crippen LogP contribution is -2.23. The highest BCUT2D eigenvalue weighted by Crippen LogP contribution is 2.18. The number of aliphatic hydroxyl groups is 1. The molecule has 1 aromatic rings. The van der Waals surface area contributed by atoms with E-state index in [1.165, 1.54) is 5.56 Å². The predicted molar refractivity (Wildman–Crippen MR) is 84.1 cm³/mol. The summed E-state index contributed by atoms with van der Waals surface area (Å²) in [4.78, 5) is 0. The van der Waals surface area contributed by atoms with Gasteiger partial charge in [-0.3, -0.25) is 0 Å². The molecule has 2 atom stereocenters. The van der Waals surface area contributed by atoms with Gasteiger partial charge in [-0.1, -0.05) is 32.9 Å². The molecular weight excluding hydrogens is 250 g/mol. The number of benzene rings is 1. The Morgan fingerprint density at radius 3 is 2.35 bits per heavy atom. The van der Waals surface area contributed by atoms with Gasteiger partial charge in [0.1, 0.15) is 5.75 Å². The standard InChI is InChI=1S/C17H29NO2/c1-5-16(19)10-11-18-14(4)15-6-8-17(9-7-15)20-12-13(2)3/h6-9,13-14,16,18-19H,5,10-12H2,1-4H3. The van der Waals surface area contributed by atoms with Gasteiger partial charge in [0.25, 0.3) is 0 Å². The predicted octanol–water partition coefficient (Wildman–Crippen LogP) is 3.53. The van der Waals surface area contributed by atoms with Crippen LogP contribution in [0.5, 0.6) is 5.75 Å². The van der Waals surface area contributed by atoms with Crippen LogP contribution in [0.25, 0.3) is 0 Å². The lowest BCUT2D eigenvalue weighted by atomic mass is 10.1. The lowest BCUT2D eigenvalue weighted by molar-refractivity contribution is 0.159. The summed E-state index contributed by atoms with van der Waals surface area (Å²) in [5.74, 6) is 1.47. The molecule has 0 saturated heterocycles. The van der Waals surface area contributed by atoms with Gasteiger partial charge in [-0.2, -0.15) is 0 Å². The van der Waals surface area contributed by atoms with Gasteiger partial charge in [0.05, 0.1) is 12.7 Å². The van der Waals surface area contributed by atoms with Gasteiger partial charge < -0.3 is 15.2 Å². The molecule has 0 aliphatic carbocycles. The molecule has 0 fully saturated rings. The highest BCUT2D eigenvalue weighted by atomic mass is 16.5. The maximum Gasteiger partial charge on any atom is 0.119 e. The Morgan fingerprint density at radius 2 is 1.80 bits per heavy atom. The van der Waals surface area contributed by atoms with E-state index >= 15 is 0 Å². The average molecular weight is 279 g/mol. The molecule has 1 rings (SSSR count). The first kappa shape index (κ1) is 17.0. The number of aliphatic hydroxyl groups excluding tert-OH is 1. The fourth-order valence-corrected chi connectivity index (χ4v) is 1.90. The van der Waals surface area contributed by atoms with Crippen LogP contribution in [0, 0.1) is 5.92 Å². The molecule has 2 N–H and O–H groups in total. The SMILES string of the molecule is CCC(O)CCNC(C)c1ccc(OCC(C)C)cc1. The largest absolute Gasteiger partial charge is 0.493 e. The molecule has 3 nitrogen and oxygen atoms in total. The van der Waals surface area contributed by atoms with E-state index in [0.717, 1.165) is 31.7 Å². The number of hydrogen-bond acceptors (Lipinski definition) is 3. The topological polar surface area (TPSA) is 41.5 Å². The van der Waals surface area contributed by atoms with E-state index in [1.54, 1.807) is 0 Å². The van der Waals surface area contributed by atoms with E-state index in [4.69, 9.17) is 4.74 Å². The van der Waals surface area contributed by atoms with Gasteiger partial charge in [-0.25, -0.2) is 0 Å². The van der Waals surface area contributed by atoms with Gasteiger partial charge in [0.2, 0.25) is 0 Å². The highest BCUT2D eigenvalue weighted by molar-refractivity contribution is 5.28. The summed E-state index contributed by atoms with van der Waals surface area (Å²) in [7, 11) is 0. The summed E-state index contributed by atoms with van der Waals surface area (Å²) in [6, 6.07) is 8.54. The molecule has 0 aromatic heterocycles. The third-order valence-corrected chi connectivity index (χ3v) is 3.36. The van der Waals surface area contributed by atoms with Crippen molar-refractivity contribution in [2.75, 3.05) is 13.2 Å². The van der Waals surface area contributed by atoms with Crippen molar-refractivity contribution < 1.29 is 9.84 Å². The van der Waals surface area contributed by atoms with Gasteiger partial charge in [0.15, 0.2) is 0 Å². The van der Waals surface area contributed by atoms with Crippen LogP contribution in [0.3, 0.4) is 0 Å². The van der Waals surface area contributed by atoms with Crippen molar-refractivity contribution >= 4 is 0 Å². The molecule has 0 heterocycles. The lowest BCUT2D eigenvalue weighted by Gasteiger charge is -2.16. The van der Waals surface area contributed by atoms with Gasteiger partial charge in [0, 0.05) is 6.04 Å². The molecule has 1 aromatic carbocycles. The first-order valence-corrected chi connectivity index (χ1v) is 7.67. The van der Waals surface area contributed by atoms with Crippen molar-refractivity contribution in [2.24, 2.45) is 5.92 Å². The van der Waals surface area contributed by atoms with E-state index < -0.39 is 0 Å². The average Bonchev–Trinajstić information content (AvgIpc) is 2.45. The van der Waals surface area contributed by atoms with Crippen LogP contribution in [0.15, 0.2) is 24.3 Å². The Morgan fingerprint density at radius 1 is 1.15 bits per heavy atom. The van der Waals surface area contributed by atoms with E-state index in [2.05, 4.69) is 38.2 Å². The Kier molecular flexibility index (Phi) is 7.63. The Bertz CT molecular complexity index is 362. The van der Waals surface area contributed by atoms with E-state index in [-0.39, 0.29) is 6.10 Å². The fraction of sp³-hybridized carbons (Fsp3) is 0.647. The molecule has 0 aliphatic rings. The number of hydrogen-bond donors (Lipinski definition) is 2. The second-order valence-electron chi connectivity index (χ2n) is 5.80. The second-order valence-corrected chi connectivity index (χ2v) is 5.80. The van der Waals surface area contributed by atoms with Crippen molar-refractivity contribution in [1.82, 2.24) is 5.32 Å². The Labute approximate surface area is 123 Å². The molecule has 0 saturated carbocycles. The summed E-state index contributed by atoms with van der Waals surface area (Å²) < 4.78 is 5.68. The summed E-state index contributed by atoms with van der Waals surface area (Å²) in [5, 5.41) is 13.0. The van der Waals surface area contributed by atoms with Gasteiger partial charge >= 0.3 is 0 Å². The minimum atomic E-state index is -0.193. The van der Waals surface area contributed by atoms with Crippen LogP contribution < -0.4 is 10.1 Å². The summed E-state index contributed by atoms with van der Waals surface area (Å²) >= 11 is 0. The zero-order valence-corrected chi connectivity index (χ0v) is 13.2. The maximum atomic E-state index is 9.53. The normalized spacial score (nSPS) is 14.3. The molecule has 0 amide bonds. The highest BCUT2D eigenvalue weighted by Gasteiger charge is 2.06. The molecule has 0 bridgehead atoms.